The van der Waals surface area contributed by atoms with Crippen molar-refractivity contribution in [1.29, 1.82) is 0 Å². The van der Waals surface area contributed by atoms with Gasteiger partial charge in [-0.2, -0.15) is 0 Å². The molecule has 0 radical (unpaired) electrons. The van der Waals surface area contributed by atoms with Gasteiger partial charge in [-0.3, -0.25) is 9.69 Å². The fourth-order valence-electron chi connectivity index (χ4n) is 3.43. The van der Waals surface area contributed by atoms with E-state index in [1.165, 1.54) is 11.3 Å². The Labute approximate surface area is 166 Å². The number of thiophene rings is 1. The monoisotopic (exact) mass is 409 g/mol. The van der Waals surface area contributed by atoms with Gasteiger partial charge in [0.1, 0.15) is 0 Å². The summed E-state index contributed by atoms with van der Waals surface area (Å²) in [6.07, 6.45) is 3.29. The van der Waals surface area contributed by atoms with E-state index in [1.807, 2.05) is 11.9 Å². The molecule has 144 valence electrons. The van der Waals surface area contributed by atoms with Crippen molar-refractivity contribution in [2.45, 2.75) is 31.3 Å². The summed E-state index contributed by atoms with van der Waals surface area (Å²) in [6.45, 7) is 5.14. The summed E-state index contributed by atoms with van der Waals surface area (Å²) < 4.78 is 5.49. The molecule has 1 N–H and O–H groups in total. The summed E-state index contributed by atoms with van der Waals surface area (Å²) >= 11 is 1.78. The van der Waals surface area contributed by atoms with Crippen LogP contribution in [0.4, 0.5) is 0 Å². The Morgan fingerprint density at radius 2 is 2.16 bits per heavy atom. The summed E-state index contributed by atoms with van der Waals surface area (Å²) in [4.78, 5) is 18.4. The highest BCUT2D eigenvalue weighted by Crippen LogP contribution is 2.27. The van der Waals surface area contributed by atoms with Crippen LogP contribution < -0.4 is 5.32 Å². The molecule has 5 nitrogen and oxygen atoms in total. The number of halogens is 2. The van der Waals surface area contributed by atoms with Gasteiger partial charge in [0.2, 0.25) is 5.91 Å². The molecule has 2 fully saturated rings. The quantitative estimate of drug-likeness (QED) is 0.811. The molecule has 2 atom stereocenters. The lowest BCUT2D eigenvalue weighted by Crippen LogP contribution is -2.50. The largest absolute Gasteiger partial charge is 0.379 e. The van der Waals surface area contributed by atoms with E-state index in [9.17, 15) is 4.79 Å². The topological polar surface area (TPSA) is 44.8 Å². The number of nitrogens with one attached hydrogen (secondary N) is 1. The average molecular weight is 410 g/mol. The summed E-state index contributed by atoms with van der Waals surface area (Å²) in [5, 5.41) is 5.48. The van der Waals surface area contributed by atoms with Gasteiger partial charge < -0.3 is 15.0 Å². The smallest absolute Gasteiger partial charge is 0.239 e. The third-order valence-corrected chi connectivity index (χ3v) is 5.76. The van der Waals surface area contributed by atoms with E-state index in [2.05, 4.69) is 27.7 Å². The van der Waals surface area contributed by atoms with Gasteiger partial charge in [0.05, 0.1) is 25.3 Å². The van der Waals surface area contributed by atoms with E-state index in [4.69, 9.17) is 4.74 Å². The highest BCUT2D eigenvalue weighted by molar-refractivity contribution is 7.10. The van der Waals surface area contributed by atoms with Crippen LogP contribution in [0.3, 0.4) is 0 Å². The number of piperidine rings is 1. The van der Waals surface area contributed by atoms with Crippen molar-refractivity contribution >= 4 is 42.1 Å². The maximum Gasteiger partial charge on any atom is 0.239 e. The predicted molar refractivity (Wildman–Crippen MR) is 107 cm³/mol. The first kappa shape index (κ1) is 22.7. The second-order valence-corrected chi connectivity index (χ2v) is 7.38. The van der Waals surface area contributed by atoms with E-state index >= 15 is 0 Å². The molecule has 1 unspecified atom stereocenters. The molecule has 3 heterocycles. The van der Waals surface area contributed by atoms with Gasteiger partial charge >= 0.3 is 0 Å². The number of ether oxygens (including phenoxy) is 1. The molecule has 2 saturated heterocycles. The summed E-state index contributed by atoms with van der Waals surface area (Å²) in [5.41, 5.74) is 0. The van der Waals surface area contributed by atoms with Crippen LogP contribution in [0.15, 0.2) is 17.5 Å². The van der Waals surface area contributed by atoms with Gasteiger partial charge in [0.25, 0.3) is 0 Å². The maximum absolute atomic E-state index is 12.7. The minimum absolute atomic E-state index is 0. The standard InChI is InChI=1S/C17H27N3O2S.2ClH/c1-19(17(21)14-5-2-3-7-18-14)13-15(16-6-4-12-23-16)20-8-10-22-11-9-20;;/h4,6,12,14-15,18H,2-3,5,7-11,13H2,1H3;2*1H/t14-,15?;;/m1../s1. The van der Waals surface area contributed by atoms with Crippen LogP contribution in [0.5, 0.6) is 0 Å². The van der Waals surface area contributed by atoms with Crippen molar-refractivity contribution in [3.05, 3.63) is 22.4 Å². The number of morpholine rings is 1. The summed E-state index contributed by atoms with van der Waals surface area (Å²) in [6, 6.07) is 4.55. The first-order valence-electron chi connectivity index (χ1n) is 8.59. The lowest BCUT2D eigenvalue weighted by atomic mass is 10.0. The Hall–Kier alpha value is -0.370. The van der Waals surface area contributed by atoms with E-state index in [-0.39, 0.29) is 42.8 Å². The first-order valence-corrected chi connectivity index (χ1v) is 9.47. The Kier molecular flexibility index (Phi) is 10.3. The number of carbonyl (C=O) groups excluding carboxylic acids is 1. The molecule has 8 heteroatoms. The zero-order chi connectivity index (χ0) is 16.1. The number of carbonyl (C=O) groups is 1. The van der Waals surface area contributed by atoms with Gasteiger partial charge in [-0.15, -0.1) is 36.2 Å². The Bertz CT molecular complexity index is 492. The number of nitrogens with zero attached hydrogens (tertiary/aromatic N) is 2. The minimum atomic E-state index is 0. The van der Waals surface area contributed by atoms with E-state index in [0.717, 1.165) is 52.2 Å². The highest BCUT2D eigenvalue weighted by Gasteiger charge is 2.29. The van der Waals surface area contributed by atoms with Crippen molar-refractivity contribution in [2.75, 3.05) is 46.4 Å². The molecule has 2 aliphatic heterocycles. The van der Waals surface area contributed by atoms with Gasteiger partial charge in [-0.1, -0.05) is 12.5 Å². The Morgan fingerprint density at radius 1 is 1.40 bits per heavy atom. The number of rotatable bonds is 5. The number of hydrogen-bond acceptors (Lipinski definition) is 5. The molecule has 3 rings (SSSR count). The normalized spacial score (nSPS) is 22.4. The van der Waals surface area contributed by atoms with E-state index < -0.39 is 0 Å². The zero-order valence-corrected chi connectivity index (χ0v) is 17.1. The van der Waals surface area contributed by atoms with Crippen LogP contribution in [0.1, 0.15) is 30.2 Å². The van der Waals surface area contributed by atoms with Crippen molar-refractivity contribution in [2.24, 2.45) is 0 Å². The first-order chi connectivity index (χ1) is 11.3. The molecule has 0 spiro atoms. The van der Waals surface area contributed by atoms with Gasteiger partial charge in [0, 0.05) is 31.6 Å². The molecular formula is C17H29Cl2N3O2S. The van der Waals surface area contributed by atoms with Crippen LogP contribution in [-0.4, -0.2) is 68.2 Å². The van der Waals surface area contributed by atoms with Gasteiger partial charge in [-0.25, -0.2) is 0 Å². The lowest BCUT2D eigenvalue weighted by molar-refractivity contribution is -0.133. The molecule has 0 bridgehead atoms. The van der Waals surface area contributed by atoms with Crippen molar-refractivity contribution < 1.29 is 9.53 Å². The van der Waals surface area contributed by atoms with E-state index in [0.29, 0.717) is 0 Å². The van der Waals surface area contributed by atoms with E-state index in [1.54, 1.807) is 11.3 Å². The number of likely N-dealkylation sites (N-methyl/N-ethyl adjacent to an activating group) is 1. The third kappa shape index (κ3) is 6.08. The SMILES string of the molecule is CN(CC(c1cccs1)N1CCOCC1)C(=O)[C@H]1CCCCN1.Cl.Cl. The molecule has 0 saturated carbocycles. The summed E-state index contributed by atoms with van der Waals surface area (Å²) in [7, 11) is 1.94. The molecule has 1 amide bonds. The van der Waals surface area contributed by atoms with Crippen LogP contribution in [0, 0.1) is 0 Å². The highest BCUT2D eigenvalue weighted by atomic mass is 35.5. The van der Waals surface area contributed by atoms with Crippen LogP contribution in [0.25, 0.3) is 0 Å². The fraction of sp³-hybridized carbons (Fsp3) is 0.706. The van der Waals surface area contributed by atoms with Crippen molar-refractivity contribution in [1.82, 2.24) is 15.1 Å². The molecule has 0 aliphatic carbocycles. The second kappa shape index (κ2) is 11.4. The van der Waals surface area contributed by atoms with Crippen molar-refractivity contribution in [3.63, 3.8) is 0 Å². The van der Waals surface area contributed by atoms with Crippen LogP contribution in [0.2, 0.25) is 0 Å². The van der Waals surface area contributed by atoms with Gasteiger partial charge in [-0.05, 0) is 30.8 Å². The third-order valence-electron chi connectivity index (χ3n) is 4.79. The molecule has 1 aromatic heterocycles. The Morgan fingerprint density at radius 3 is 2.76 bits per heavy atom. The molecule has 1 aromatic rings. The molecule has 0 aromatic carbocycles. The fourth-order valence-corrected chi connectivity index (χ4v) is 4.29. The second-order valence-electron chi connectivity index (χ2n) is 6.40. The van der Waals surface area contributed by atoms with Gasteiger partial charge in [0.15, 0.2) is 0 Å². The minimum Gasteiger partial charge on any atom is -0.379 e. The summed E-state index contributed by atoms with van der Waals surface area (Å²) in [5.74, 6) is 0.236. The zero-order valence-electron chi connectivity index (χ0n) is 14.7. The molecular weight excluding hydrogens is 381 g/mol. The Balaban J connectivity index is 0.00000156. The molecule has 2 aliphatic rings. The number of hydrogen-bond donors (Lipinski definition) is 1. The maximum atomic E-state index is 12.7. The number of amides is 1. The van der Waals surface area contributed by atoms with Crippen molar-refractivity contribution in [3.8, 4) is 0 Å². The lowest BCUT2D eigenvalue weighted by Gasteiger charge is -2.37. The van der Waals surface area contributed by atoms with Crippen LogP contribution >= 0.6 is 36.2 Å². The van der Waals surface area contributed by atoms with Crippen LogP contribution in [-0.2, 0) is 9.53 Å². The molecule has 25 heavy (non-hydrogen) atoms. The predicted octanol–water partition coefficient (Wildman–Crippen LogP) is 2.57. The average Bonchev–Trinajstić information content (AvgIpc) is 3.14.